The van der Waals surface area contributed by atoms with Gasteiger partial charge in [-0.3, -0.25) is 4.68 Å². The highest BCUT2D eigenvalue weighted by Crippen LogP contribution is 2.07. The lowest BCUT2D eigenvalue weighted by molar-refractivity contribution is 0.684. The monoisotopic (exact) mass is 243 g/mol. The Bertz CT molecular complexity index is 471. The first-order valence-corrected chi connectivity index (χ1v) is 6.49. The van der Waals surface area contributed by atoms with Crippen LogP contribution in [0.15, 0.2) is 36.7 Å². The average molecular weight is 243 g/mol. The molecular formula is C15H21N3. The van der Waals surface area contributed by atoms with Crippen molar-refractivity contribution in [2.75, 3.05) is 13.6 Å². The predicted octanol–water partition coefficient (Wildman–Crippen LogP) is 2.39. The molecule has 0 saturated carbocycles. The predicted molar refractivity (Wildman–Crippen MR) is 74.8 cm³/mol. The summed E-state index contributed by atoms with van der Waals surface area (Å²) < 4.78 is 2.01. The third kappa shape index (κ3) is 3.70. The van der Waals surface area contributed by atoms with Crippen LogP contribution in [-0.2, 0) is 13.0 Å². The minimum absolute atomic E-state index is 0.853. The van der Waals surface area contributed by atoms with E-state index in [4.69, 9.17) is 0 Å². The number of benzene rings is 1. The van der Waals surface area contributed by atoms with Gasteiger partial charge in [0.25, 0.3) is 0 Å². The maximum absolute atomic E-state index is 4.41. The lowest BCUT2D eigenvalue weighted by Crippen LogP contribution is -2.08. The molecule has 3 heteroatoms. The second kappa shape index (κ2) is 6.36. The standard InChI is InChI=1S/C15H21N3/c1-13-5-7-14(8-6-13)11-18-12-15(10-17-18)4-3-9-16-2/h5-8,10,12,16H,3-4,9,11H2,1-2H3. The van der Waals surface area contributed by atoms with Crippen molar-refractivity contribution in [3.63, 3.8) is 0 Å². The number of hydrogen-bond acceptors (Lipinski definition) is 2. The Labute approximate surface area is 109 Å². The lowest BCUT2D eigenvalue weighted by atomic mass is 10.1. The van der Waals surface area contributed by atoms with Crippen molar-refractivity contribution in [3.05, 3.63) is 53.3 Å². The summed E-state index contributed by atoms with van der Waals surface area (Å²) in [5, 5.41) is 7.57. The normalized spacial score (nSPS) is 10.8. The van der Waals surface area contributed by atoms with Crippen molar-refractivity contribution in [1.82, 2.24) is 15.1 Å². The molecule has 2 aromatic rings. The van der Waals surface area contributed by atoms with Crippen molar-refractivity contribution in [2.45, 2.75) is 26.3 Å². The van der Waals surface area contributed by atoms with Crippen LogP contribution in [-0.4, -0.2) is 23.4 Å². The Hall–Kier alpha value is -1.61. The van der Waals surface area contributed by atoms with E-state index < -0.39 is 0 Å². The van der Waals surface area contributed by atoms with Gasteiger partial charge < -0.3 is 5.32 Å². The highest BCUT2D eigenvalue weighted by molar-refractivity contribution is 5.21. The third-order valence-corrected chi connectivity index (χ3v) is 3.04. The molecule has 96 valence electrons. The van der Waals surface area contributed by atoms with E-state index in [0.29, 0.717) is 0 Å². The number of hydrogen-bond donors (Lipinski definition) is 1. The van der Waals surface area contributed by atoms with Crippen LogP contribution >= 0.6 is 0 Å². The van der Waals surface area contributed by atoms with Crippen LogP contribution in [0.2, 0.25) is 0 Å². The van der Waals surface area contributed by atoms with Gasteiger partial charge in [-0.1, -0.05) is 29.8 Å². The Morgan fingerprint density at radius 1 is 1.17 bits per heavy atom. The molecule has 0 saturated heterocycles. The largest absolute Gasteiger partial charge is 0.320 e. The zero-order valence-corrected chi connectivity index (χ0v) is 11.2. The molecule has 0 aliphatic carbocycles. The van der Waals surface area contributed by atoms with Gasteiger partial charge in [0.2, 0.25) is 0 Å². The maximum atomic E-state index is 4.41. The summed E-state index contributed by atoms with van der Waals surface area (Å²) in [5.41, 5.74) is 3.91. The molecule has 0 bridgehead atoms. The minimum Gasteiger partial charge on any atom is -0.320 e. The van der Waals surface area contributed by atoms with E-state index in [9.17, 15) is 0 Å². The topological polar surface area (TPSA) is 29.9 Å². The highest BCUT2D eigenvalue weighted by Gasteiger charge is 1.99. The first kappa shape index (κ1) is 12.8. The quantitative estimate of drug-likeness (QED) is 0.790. The second-order valence-electron chi connectivity index (χ2n) is 4.74. The number of nitrogens with one attached hydrogen (secondary N) is 1. The molecule has 1 heterocycles. The average Bonchev–Trinajstić information content (AvgIpc) is 2.80. The fourth-order valence-corrected chi connectivity index (χ4v) is 1.97. The molecule has 1 aromatic carbocycles. The van der Waals surface area contributed by atoms with Gasteiger partial charge in [-0.15, -0.1) is 0 Å². The molecule has 18 heavy (non-hydrogen) atoms. The fourth-order valence-electron chi connectivity index (χ4n) is 1.97. The molecule has 2 rings (SSSR count). The van der Waals surface area contributed by atoms with Crippen LogP contribution in [0.25, 0.3) is 0 Å². The molecule has 0 fully saturated rings. The number of aromatic nitrogens is 2. The van der Waals surface area contributed by atoms with E-state index in [2.05, 4.69) is 47.8 Å². The van der Waals surface area contributed by atoms with Gasteiger partial charge >= 0.3 is 0 Å². The molecule has 0 aliphatic rings. The van der Waals surface area contributed by atoms with E-state index in [0.717, 1.165) is 25.9 Å². The molecular weight excluding hydrogens is 222 g/mol. The number of nitrogens with zero attached hydrogens (tertiary/aromatic N) is 2. The van der Waals surface area contributed by atoms with Gasteiger partial charge in [0, 0.05) is 6.20 Å². The number of rotatable bonds is 6. The minimum atomic E-state index is 0.853. The number of aryl methyl sites for hydroxylation is 2. The summed E-state index contributed by atoms with van der Waals surface area (Å²) >= 11 is 0. The van der Waals surface area contributed by atoms with Crippen molar-refractivity contribution in [1.29, 1.82) is 0 Å². The summed E-state index contributed by atoms with van der Waals surface area (Å²) in [6.07, 6.45) is 6.38. The van der Waals surface area contributed by atoms with E-state index in [-0.39, 0.29) is 0 Å². The molecule has 0 radical (unpaired) electrons. The zero-order valence-electron chi connectivity index (χ0n) is 11.2. The molecule has 1 aromatic heterocycles. The Morgan fingerprint density at radius 3 is 2.67 bits per heavy atom. The SMILES string of the molecule is CNCCCc1cnn(Cc2ccc(C)cc2)c1. The van der Waals surface area contributed by atoms with Gasteiger partial charge in [0.15, 0.2) is 0 Å². The molecule has 0 aliphatic heterocycles. The van der Waals surface area contributed by atoms with Gasteiger partial charge in [-0.2, -0.15) is 5.10 Å². The summed E-state index contributed by atoms with van der Waals surface area (Å²) in [7, 11) is 1.99. The van der Waals surface area contributed by atoms with Crippen molar-refractivity contribution in [2.24, 2.45) is 0 Å². The fraction of sp³-hybridized carbons (Fsp3) is 0.400. The summed E-state index contributed by atoms with van der Waals surface area (Å²) in [5.74, 6) is 0. The second-order valence-corrected chi connectivity index (χ2v) is 4.74. The van der Waals surface area contributed by atoms with Gasteiger partial charge in [0.1, 0.15) is 0 Å². The van der Waals surface area contributed by atoms with Crippen LogP contribution in [0.1, 0.15) is 23.1 Å². The van der Waals surface area contributed by atoms with E-state index in [1.165, 1.54) is 16.7 Å². The van der Waals surface area contributed by atoms with Gasteiger partial charge in [-0.05, 0) is 44.5 Å². The molecule has 0 atom stereocenters. The Morgan fingerprint density at radius 2 is 1.94 bits per heavy atom. The lowest BCUT2D eigenvalue weighted by Gasteiger charge is -2.02. The first-order valence-electron chi connectivity index (χ1n) is 6.49. The van der Waals surface area contributed by atoms with Crippen LogP contribution in [0.3, 0.4) is 0 Å². The van der Waals surface area contributed by atoms with E-state index in [1.54, 1.807) is 0 Å². The Balaban J connectivity index is 1.91. The Kier molecular flexibility index (Phi) is 4.53. The zero-order chi connectivity index (χ0) is 12.8. The van der Waals surface area contributed by atoms with Crippen molar-refractivity contribution >= 4 is 0 Å². The van der Waals surface area contributed by atoms with Crippen molar-refractivity contribution < 1.29 is 0 Å². The van der Waals surface area contributed by atoms with E-state index >= 15 is 0 Å². The summed E-state index contributed by atoms with van der Waals surface area (Å²) in [6.45, 7) is 4.02. The summed E-state index contributed by atoms with van der Waals surface area (Å²) in [6, 6.07) is 8.62. The van der Waals surface area contributed by atoms with E-state index in [1.807, 2.05) is 17.9 Å². The van der Waals surface area contributed by atoms with Crippen LogP contribution in [0.4, 0.5) is 0 Å². The third-order valence-electron chi connectivity index (χ3n) is 3.04. The van der Waals surface area contributed by atoms with Crippen LogP contribution in [0.5, 0.6) is 0 Å². The smallest absolute Gasteiger partial charge is 0.0659 e. The first-order chi connectivity index (χ1) is 8.78. The van der Waals surface area contributed by atoms with Crippen LogP contribution in [0, 0.1) is 6.92 Å². The molecule has 0 spiro atoms. The molecule has 0 unspecified atom stereocenters. The molecule has 0 amide bonds. The molecule has 3 nitrogen and oxygen atoms in total. The highest BCUT2D eigenvalue weighted by atomic mass is 15.3. The molecule has 1 N–H and O–H groups in total. The maximum Gasteiger partial charge on any atom is 0.0659 e. The van der Waals surface area contributed by atoms with Gasteiger partial charge in [0.05, 0.1) is 12.7 Å². The van der Waals surface area contributed by atoms with Gasteiger partial charge in [-0.25, -0.2) is 0 Å². The summed E-state index contributed by atoms with van der Waals surface area (Å²) in [4.78, 5) is 0. The van der Waals surface area contributed by atoms with Crippen molar-refractivity contribution in [3.8, 4) is 0 Å². The van der Waals surface area contributed by atoms with Crippen LogP contribution < -0.4 is 5.32 Å².